The first-order valence-electron chi connectivity index (χ1n) is 8.16. The summed E-state index contributed by atoms with van der Waals surface area (Å²) in [5.41, 5.74) is 8.33. The van der Waals surface area contributed by atoms with Gasteiger partial charge in [0.2, 0.25) is 0 Å². The molecule has 3 nitrogen and oxygen atoms in total. The largest absolute Gasteiger partial charge is 0.383 e. The van der Waals surface area contributed by atoms with Crippen LogP contribution in [0.25, 0.3) is 10.9 Å². The summed E-state index contributed by atoms with van der Waals surface area (Å²) < 4.78 is 0. The van der Waals surface area contributed by atoms with E-state index in [0.29, 0.717) is 5.82 Å². The fourth-order valence-electron chi connectivity index (χ4n) is 3.47. The number of rotatable bonds is 4. The number of benzene rings is 1. The third-order valence-electron chi connectivity index (χ3n) is 4.71. The van der Waals surface area contributed by atoms with Gasteiger partial charge in [-0.25, -0.2) is 4.98 Å². The Kier molecular flexibility index (Phi) is 4.39. The van der Waals surface area contributed by atoms with Crippen LogP contribution in [0, 0.1) is 0 Å². The number of nitrogens with two attached hydrogens (primary N) is 1. The highest BCUT2D eigenvalue weighted by atomic mass is 15.1. The third-order valence-corrected chi connectivity index (χ3v) is 4.71. The van der Waals surface area contributed by atoms with Crippen LogP contribution < -0.4 is 5.73 Å². The fourth-order valence-corrected chi connectivity index (χ4v) is 3.47. The molecule has 1 aromatic heterocycles. The average molecular weight is 283 g/mol. The third kappa shape index (κ3) is 3.18. The number of anilines is 1. The summed E-state index contributed by atoms with van der Waals surface area (Å²) in [4.78, 5) is 7.13. The Morgan fingerprint density at radius 1 is 1.19 bits per heavy atom. The van der Waals surface area contributed by atoms with Crippen molar-refractivity contribution in [3.63, 3.8) is 0 Å². The number of nitrogens with zero attached hydrogens (tertiary/aromatic N) is 2. The van der Waals surface area contributed by atoms with Gasteiger partial charge in [0, 0.05) is 23.5 Å². The van der Waals surface area contributed by atoms with Gasteiger partial charge >= 0.3 is 0 Å². The molecule has 1 aromatic carbocycles. The summed E-state index contributed by atoms with van der Waals surface area (Å²) in [5, 5.41) is 1.18. The molecular formula is C18H25N3. The lowest BCUT2D eigenvalue weighted by Crippen LogP contribution is -2.36. The van der Waals surface area contributed by atoms with Crippen molar-refractivity contribution in [3.05, 3.63) is 35.9 Å². The standard InChI is InChI=1S/C18H25N3/c1-2-21(16-9-4-3-5-10-16)13-15-12-14-8-6-7-11-17(14)20-18(15)19/h6-8,11-12,16H,2-5,9-10,13H2,1H3,(H2,19,20). The zero-order valence-corrected chi connectivity index (χ0v) is 12.9. The van der Waals surface area contributed by atoms with Gasteiger partial charge < -0.3 is 5.73 Å². The van der Waals surface area contributed by atoms with E-state index in [4.69, 9.17) is 5.73 Å². The Balaban J connectivity index is 1.83. The molecule has 0 bridgehead atoms. The Bertz CT molecular complexity index is 602. The highest BCUT2D eigenvalue weighted by Gasteiger charge is 2.20. The Labute approximate surface area is 127 Å². The van der Waals surface area contributed by atoms with E-state index in [1.54, 1.807) is 0 Å². The predicted octanol–water partition coefficient (Wildman–Crippen LogP) is 3.97. The number of para-hydroxylation sites is 1. The van der Waals surface area contributed by atoms with Crippen LogP contribution in [0.1, 0.15) is 44.6 Å². The summed E-state index contributed by atoms with van der Waals surface area (Å²) in [7, 11) is 0. The zero-order valence-electron chi connectivity index (χ0n) is 12.9. The Hall–Kier alpha value is -1.61. The van der Waals surface area contributed by atoms with E-state index in [2.05, 4.69) is 35.0 Å². The van der Waals surface area contributed by atoms with Crippen LogP contribution in [0.5, 0.6) is 0 Å². The normalized spacial score (nSPS) is 16.7. The summed E-state index contributed by atoms with van der Waals surface area (Å²) in [6.45, 7) is 4.25. The summed E-state index contributed by atoms with van der Waals surface area (Å²) in [5.74, 6) is 0.683. The van der Waals surface area contributed by atoms with Crippen LogP contribution in [0.15, 0.2) is 30.3 Å². The van der Waals surface area contributed by atoms with Gasteiger partial charge in [-0.3, -0.25) is 4.90 Å². The number of nitrogen functional groups attached to an aromatic ring is 1. The van der Waals surface area contributed by atoms with Gasteiger partial charge in [0.05, 0.1) is 5.52 Å². The van der Waals surface area contributed by atoms with Crippen molar-refractivity contribution < 1.29 is 0 Å². The summed E-state index contributed by atoms with van der Waals surface area (Å²) in [6, 6.07) is 11.1. The van der Waals surface area contributed by atoms with Crippen LogP contribution >= 0.6 is 0 Å². The first-order valence-corrected chi connectivity index (χ1v) is 8.16. The summed E-state index contributed by atoms with van der Waals surface area (Å²) >= 11 is 0. The molecule has 0 saturated heterocycles. The van der Waals surface area contributed by atoms with Crippen molar-refractivity contribution in [3.8, 4) is 0 Å². The fraction of sp³-hybridized carbons (Fsp3) is 0.500. The second-order valence-electron chi connectivity index (χ2n) is 6.08. The lowest BCUT2D eigenvalue weighted by molar-refractivity contribution is 0.156. The van der Waals surface area contributed by atoms with Crippen LogP contribution in [0.3, 0.4) is 0 Å². The molecule has 1 heterocycles. The molecule has 21 heavy (non-hydrogen) atoms. The van der Waals surface area contributed by atoms with Gasteiger partial charge in [-0.05, 0) is 31.5 Å². The van der Waals surface area contributed by atoms with Crippen LogP contribution in [-0.2, 0) is 6.54 Å². The molecule has 0 aliphatic heterocycles. The molecule has 112 valence electrons. The van der Waals surface area contributed by atoms with Gasteiger partial charge in [0.25, 0.3) is 0 Å². The molecule has 1 aliphatic carbocycles. The zero-order chi connectivity index (χ0) is 14.7. The molecule has 0 radical (unpaired) electrons. The second-order valence-corrected chi connectivity index (χ2v) is 6.08. The maximum Gasteiger partial charge on any atom is 0.128 e. The number of hydrogen-bond acceptors (Lipinski definition) is 3. The minimum atomic E-state index is 0.683. The lowest BCUT2D eigenvalue weighted by atomic mass is 9.94. The molecular weight excluding hydrogens is 258 g/mol. The maximum absolute atomic E-state index is 6.18. The van der Waals surface area contributed by atoms with Gasteiger partial charge in [-0.1, -0.05) is 44.4 Å². The van der Waals surface area contributed by atoms with E-state index in [1.165, 1.54) is 43.1 Å². The van der Waals surface area contributed by atoms with Crippen molar-refractivity contribution in [1.82, 2.24) is 9.88 Å². The SMILES string of the molecule is CCN(Cc1cc2ccccc2nc1N)C1CCCCC1. The lowest BCUT2D eigenvalue weighted by Gasteiger charge is -2.33. The molecule has 2 aromatic rings. The first-order chi connectivity index (χ1) is 10.3. The topological polar surface area (TPSA) is 42.2 Å². The van der Waals surface area contributed by atoms with E-state index < -0.39 is 0 Å². The molecule has 0 unspecified atom stereocenters. The monoisotopic (exact) mass is 283 g/mol. The molecule has 0 atom stereocenters. The van der Waals surface area contributed by atoms with Crippen LogP contribution in [0.4, 0.5) is 5.82 Å². The predicted molar refractivity (Wildman–Crippen MR) is 89.1 cm³/mol. The van der Waals surface area contributed by atoms with E-state index in [0.717, 1.165) is 24.6 Å². The van der Waals surface area contributed by atoms with E-state index in [9.17, 15) is 0 Å². The quantitative estimate of drug-likeness (QED) is 0.923. The van der Waals surface area contributed by atoms with E-state index >= 15 is 0 Å². The number of fused-ring (bicyclic) bond motifs is 1. The first kappa shape index (κ1) is 14.3. The Morgan fingerprint density at radius 2 is 1.95 bits per heavy atom. The van der Waals surface area contributed by atoms with Crippen molar-refractivity contribution in [1.29, 1.82) is 0 Å². The minimum Gasteiger partial charge on any atom is -0.383 e. The van der Waals surface area contributed by atoms with Gasteiger partial charge in [0.1, 0.15) is 5.82 Å². The highest BCUT2D eigenvalue weighted by Crippen LogP contribution is 2.26. The average Bonchev–Trinajstić information content (AvgIpc) is 2.53. The smallest absolute Gasteiger partial charge is 0.128 e. The second kappa shape index (κ2) is 6.44. The number of aromatic nitrogens is 1. The van der Waals surface area contributed by atoms with Crippen LogP contribution in [0.2, 0.25) is 0 Å². The van der Waals surface area contributed by atoms with Crippen molar-refractivity contribution >= 4 is 16.7 Å². The van der Waals surface area contributed by atoms with E-state index in [1.807, 2.05) is 12.1 Å². The van der Waals surface area contributed by atoms with E-state index in [-0.39, 0.29) is 0 Å². The molecule has 0 amide bonds. The molecule has 1 aliphatic rings. The molecule has 0 spiro atoms. The van der Waals surface area contributed by atoms with Crippen molar-refractivity contribution in [2.75, 3.05) is 12.3 Å². The molecule has 1 fully saturated rings. The van der Waals surface area contributed by atoms with Crippen molar-refractivity contribution in [2.24, 2.45) is 0 Å². The van der Waals surface area contributed by atoms with Gasteiger partial charge in [0.15, 0.2) is 0 Å². The number of hydrogen-bond donors (Lipinski definition) is 1. The van der Waals surface area contributed by atoms with Crippen molar-refractivity contribution in [2.45, 2.75) is 51.6 Å². The van der Waals surface area contributed by atoms with Crippen LogP contribution in [-0.4, -0.2) is 22.5 Å². The van der Waals surface area contributed by atoms with Gasteiger partial charge in [-0.15, -0.1) is 0 Å². The molecule has 3 rings (SSSR count). The molecule has 2 N–H and O–H groups in total. The maximum atomic E-state index is 6.18. The Morgan fingerprint density at radius 3 is 2.71 bits per heavy atom. The molecule has 1 saturated carbocycles. The minimum absolute atomic E-state index is 0.683. The number of pyridine rings is 1. The summed E-state index contributed by atoms with van der Waals surface area (Å²) in [6.07, 6.45) is 6.79. The molecule has 3 heteroatoms. The van der Waals surface area contributed by atoms with Gasteiger partial charge in [-0.2, -0.15) is 0 Å². The highest BCUT2D eigenvalue weighted by molar-refractivity contribution is 5.81.